The minimum absolute atomic E-state index is 0.00449. The van der Waals surface area contributed by atoms with Gasteiger partial charge in [-0.1, -0.05) is 36.4 Å². The lowest BCUT2D eigenvalue weighted by atomic mass is 10.0. The molecule has 0 bridgehead atoms. The maximum Gasteiger partial charge on any atom is 0.271 e. The first-order valence-electron chi connectivity index (χ1n) is 8.82. The van der Waals surface area contributed by atoms with Gasteiger partial charge in [-0.3, -0.25) is 9.69 Å². The first-order chi connectivity index (χ1) is 12.8. The third-order valence-electron chi connectivity index (χ3n) is 4.57. The molecule has 2 heterocycles. The van der Waals surface area contributed by atoms with Crippen molar-refractivity contribution in [3.63, 3.8) is 0 Å². The summed E-state index contributed by atoms with van der Waals surface area (Å²) < 4.78 is 0. The first kappa shape index (κ1) is 17.2. The van der Waals surface area contributed by atoms with Gasteiger partial charge in [0.25, 0.3) is 5.91 Å². The van der Waals surface area contributed by atoms with Crippen LogP contribution < -0.4 is 4.90 Å². The zero-order valence-electron chi connectivity index (χ0n) is 14.5. The van der Waals surface area contributed by atoms with Crippen molar-refractivity contribution < 1.29 is 4.79 Å². The molecule has 0 atom stereocenters. The predicted molar refractivity (Wildman–Crippen MR) is 110 cm³/mol. The molecule has 1 aromatic carbocycles. The molecule has 26 heavy (non-hydrogen) atoms. The number of nitrogens with zero attached hydrogens (tertiary/aromatic N) is 2. The number of amides is 1. The van der Waals surface area contributed by atoms with Gasteiger partial charge in [-0.2, -0.15) is 0 Å². The van der Waals surface area contributed by atoms with E-state index in [1.807, 2.05) is 41.8 Å². The molecule has 2 aromatic heterocycles. The van der Waals surface area contributed by atoms with E-state index in [1.54, 1.807) is 22.3 Å². The Morgan fingerprint density at radius 1 is 1.19 bits per heavy atom. The van der Waals surface area contributed by atoms with Crippen LogP contribution in [0.5, 0.6) is 0 Å². The molecule has 0 saturated heterocycles. The maximum absolute atomic E-state index is 13.4. The first-order valence-corrected chi connectivity index (χ1v) is 10.5. The van der Waals surface area contributed by atoms with Crippen molar-refractivity contribution in [1.82, 2.24) is 4.98 Å². The number of thiazole rings is 1. The van der Waals surface area contributed by atoms with Crippen LogP contribution in [0.3, 0.4) is 0 Å². The summed E-state index contributed by atoms with van der Waals surface area (Å²) in [7, 11) is 0. The highest BCUT2D eigenvalue weighted by Crippen LogP contribution is 2.35. The lowest BCUT2D eigenvalue weighted by molar-refractivity contribution is 0.0994. The Balaban J connectivity index is 1.70. The molecule has 1 aliphatic carbocycles. The predicted octanol–water partition coefficient (Wildman–Crippen LogP) is 5.58. The number of thiophene rings is 1. The molecule has 1 amide bonds. The second kappa shape index (κ2) is 7.56. The summed E-state index contributed by atoms with van der Waals surface area (Å²) >= 11 is 3.15. The molecule has 0 unspecified atom stereocenters. The number of anilines is 1. The van der Waals surface area contributed by atoms with Crippen LogP contribution in [0.1, 0.15) is 33.1 Å². The van der Waals surface area contributed by atoms with E-state index in [0.717, 1.165) is 34.0 Å². The van der Waals surface area contributed by atoms with Crippen molar-refractivity contribution in [3.8, 4) is 11.1 Å². The third kappa shape index (κ3) is 3.24. The second-order valence-electron chi connectivity index (χ2n) is 6.31. The van der Waals surface area contributed by atoms with Crippen LogP contribution in [0, 0.1) is 0 Å². The number of aromatic nitrogens is 1. The highest BCUT2D eigenvalue weighted by Gasteiger charge is 2.26. The number of hydrogen-bond donors (Lipinski definition) is 0. The average molecular weight is 381 g/mol. The summed E-state index contributed by atoms with van der Waals surface area (Å²) in [4.78, 5) is 22.0. The van der Waals surface area contributed by atoms with Crippen molar-refractivity contribution in [1.29, 1.82) is 0 Å². The quantitative estimate of drug-likeness (QED) is 0.541. The van der Waals surface area contributed by atoms with E-state index < -0.39 is 0 Å². The minimum Gasteiger partial charge on any atom is -0.279 e. The van der Waals surface area contributed by atoms with Gasteiger partial charge in [0, 0.05) is 17.0 Å². The molecule has 5 heteroatoms. The normalized spacial score (nSPS) is 13.2. The van der Waals surface area contributed by atoms with Gasteiger partial charge < -0.3 is 0 Å². The number of carbonyl (C=O) groups excluding carboxylic acids is 1. The van der Waals surface area contributed by atoms with Crippen molar-refractivity contribution in [2.75, 3.05) is 11.4 Å². The van der Waals surface area contributed by atoms with Gasteiger partial charge in [0.15, 0.2) is 5.13 Å². The third-order valence-corrected chi connectivity index (χ3v) is 6.65. The molecule has 4 rings (SSSR count). The Labute approximate surface area is 161 Å². The topological polar surface area (TPSA) is 33.2 Å². The van der Waals surface area contributed by atoms with Gasteiger partial charge in [-0.15, -0.1) is 29.3 Å². The number of carbonyl (C=O) groups is 1. The summed E-state index contributed by atoms with van der Waals surface area (Å²) in [5.41, 5.74) is 3.22. The van der Waals surface area contributed by atoms with Crippen molar-refractivity contribution in [2.45, 2.75) is 25.7 Å². The van der Waals surface area contributed by atoms with E-state index in [9.17, 15) is 4.79 Å². The van der Waals surface area contributed by atoms with Crippen LogP contribution in [0.2, 0.25) is 0 Å². The van der Waals surface area contributed by atoms with E-state index in [1.165, 1.54) is 34.7 Å². The van der Waals surface area contributed by atoms with Crippen LogP contribution in [-0.2, 0) is 12.8 Å². The molecule has 0 N–H and O–H groups in total. The molecule has 3 nitrogen and oxygen atoms in total. The molecule has 132 valence electrons. The summed E-state index contributed by atoms with van der Waals surface area (Å²) in [5.74, 6) is 0.00449. The molecule has 0 spiro atoms. The number of hydrogen-bond acceptors (Lipinski definition) is 4. The van der Waals surface area contributed by atoms with Gasteiger partial charge >= 0.3 is 0 Å². The van der Waals surface area contributed by atoms with E-state index in [4.69, 9.17) is 4.98 Å². The van der Waals surface area contributed by atoms with Crippen molar-refractivity contribution >= 4 is 33.7 Å². The number of rotatable bonds is 5. The van der Waals surface area contributed by atoms with Gasteiger partial charge in [0.1, 0.15) is 4.88 Å². The van der Waals surface area contributed by atoms with E-state index in [0.29, 0.717) is 6.54 Å². The van der Waals surface area contributed by atoms with Crippen LogP contribution in [0.4, 0.5) is 5.13 Å². The molecule has 0 radical (unpaired) electrons. The second-order valence-corrected chi connectivity index (χ2v) is 8.29. The monoisotopic (exact) mass is 380 g/mol. The average Bonchev–Trinajstić information content (AvgIpc) is 3.33. The van der Waals surface area contributed by atoms with Crippen LogP contribution in [0.15, 0.2) is 54.4 Å². The molecule has 0 fully saturated rings. The Bertz CT molecular complexity index is 903. The van der Waals surface area contributed by atoms with E-state index in [2.05, 4.69) is 6.58 Å². The molecule has 0 aliphatic heterocycles. The standard InChI is InChI=1S/C21H20N2OS2/c1-2-13-23(21-22-17-10-6-7-11-18(17)26-21)20(24)19-16(12-14-25-19)15-8-4-3-5-9-15/h2-5,8-9,12,14H,1,6-7,10-11,13H2. The molecular weight excluding hydrogens is 360 g/mol. The fourth-order valence-corrected chi connectivity index (χ4v) is 5.29. The fraction of sp³-hybridized carbons (Fsp3) is 0.238. The Hall–Kier alpha value is -2.24. The SMILES string of the molecule is C=CCN(C(=O)c1sccc1-c1ccccc1)c1nc2c(s1)CCCC2. The van der Waals surface area contributed by atoms with Crippen LogP contribution in [-0.4, -0.2) is 17.4 Å². The largest absolute Gasteiger partial charge is 0.279 e. The molecule has 0 saturated carbocycles. The summed E-state index contributed by atoms with van der Waals surface area (Å²) in [5, 5.41) is 2.78. The Morgan fingerprint density at radius 2 is 2.00 bits per heavy atom. The highest BCUT2D eigenvalue weighted by molar-refractivity contribution is 7.16. The fourth-order valence-electron chi connectivity index (χ4n) is 3.27. The lowest BCUT2D eigenvalue weighted by Gasteiger charge is -2.18. The highest BCUT2D eigenvalue weighted by atomic mass is 32.1. The minimum atomic E-state index is 0.00449. The molecule has 1 aliphatic rings. The molecule has 3 aromatic rings. The van der Waals surface area contributed by atoms with Crippen molar-refractivity contribution in [3.05, 3.63) is 69.9 Å². The van der Waals surface area contributed by atoms with Gasteiger partial charge in [-0.25, -0.2) is 4.98 Å². The van der Waals surface area contributed by atoms with E-state index in [-0.39, 0.29) is 5.91 Å². The van der Waals surface area contributed by atoms with Gasteiger partial charge in [0.2, 0.25) is 0 Å². The summed E-state index contributed by atoms with van der Waals surface area (Å²) in [6.45, 7) is 4.31. The van der Waals surface area contributed by atoms with E-state index >= 15 is 0 Å². The summed E-state index contributed by atoms with van der Waals surface area (Å²) in [6, 6.07) is 12.1. The maximum atomic E-state index is 13.4. The zero-order valence-corrected chi connectivity index (χ0v) is 16.1. The lowest BCUT2D eigenvalue weighted by Crippen LogP contribution is -2.30. The number of fused-ring (bicyclic) bond motifs is 1. The summed E-state index contributed by atoms with van der Waals surface area (Å²) in [6.07, 6.45) is 6.28. The molecular formula is C21H20N2OS2. The van der Waals surface area contributed by atoms with Crippen molar-refractivity contribution in [2.24, 2.45) is 0 Å². The Morgan fingerprint density at radius 3 is 2.77 bits per heavy atom. The number of benzene rings is 1. The van der Waals surface area contributed by atoms with Crippen LogP contribution >= 0.6 is 22.7 Å². The van der Waals surface area contributed by atoms with Gasteiger partial charge in [0.05, 0.1) is 5.69 Å². The van der Waals surface area contributed by atoms with Crippen LogP contribution in [0.25, 0.3) is 11.1 Å². The Kier molecular flexibility index (Phi) is 5.00. The number of aryl methyl sites for hydroxylation is 2. The zero-order chi connectivity index (χ0) is 17.9. The van der Waals surface area contributed by atoms with Gasteiger partial charge in [-0.05, 0) is 42.7 Å². The smallest absolute Gasteiger partial charge is 0.271 e.